The predicted octanol–water partition coefficient (Wildman–Crippen LogP) is 6.86. The monoisotopic (exact) mass is 530 g/mol. The minimum atomic E-state index is -0.139. The molecule has 0 aromatic heterocycles. The van der Waals surface area contributed by atoms with Gasteiger partial charge in [-0.1, -0.05) is 60.4 Å². The minimum Gasteiger partial charge on any atom is -0.490 e. The number of nitrogens with zero attached hydrogens (tertiary/aromatic N) is 2. The van der Waals surface area contributed by atoms with Crippen molar-refractivity contribution in [3.05, 3.63) is 101 Å². The van der Waals surface area contributed by atoms with Crippen LogP contribution in [0.15, 0.2) is 84.3 Å². The van der Waals surface area contributed by atoms with Crippen molar-refractivity contribution in [2.75, 3.05) is 30.5 Å². The second-order valence-corrected chi connectivity index (χ2v) is 10.3. The van der Waals surface area contributed by atoms with Gasteiger partial charge < -0.3 is 14.4 Å². The maximum Gasteiger partial charge on any atom is 0.270 e. The van der Waals surface area contributed by atoms with Crippen LogP contribution in [-0.2, 0) is 17.8 Å². The molecule has 190 valence electrons. The SMILES string of the molecule is C=CCc1cc(/C=C2\SC(=S)N(c3ccc(N(C)C)cc3)C2=O)cc(OCC)c1OCc1ccccc1. The highest BCUT2D eigenvalue weighted by Gasteiger charge is 2.33. The quantitative estimate of drug-likeness (QED) is 0.162. The van der Waals surface area contributed by atoms with Crippen LogP contribution in [0.4, 0.5) is 11.4 Å². The number of thioether (sulfide) groups is 1. The average molecular weight is 531 g/mol. The van der Waals surface area contributed by atoms with Crippen LogP contribution in [0.25, 0.3) is 6.08 Å². The molecule has 0 aliphatic carbocycles. The lowest BCUT2D eigenvalue weighted by atomic mass is 10.0. The van der Waals surface area contributed by atoms with E-state index < -0.39 is 0 Å². The first kappa shape index (κ1) is 26.5. The third-order valence-electron chi connectivity index (χ3n) is 5.76. The molecule has 5 nitrogen and oxygen atoms in total. The standard InChI is InChI=1S/C30H30N2O3S2/c1-5-10-23-17-22(18-26(34-6-2)28(23)35-20-21-11-8-7-9-12-21)19-27-29(33)32(30(36)37-27)25-15-13-24(14-16-25)31(3)4/h5,7-9,11-19H,1,6,10,20H2,2-4H3/b27-19-. The molecule has 0 saturated carbocycles. The first-order valence-corrected chi connectivity index (χ1v) is 13.3. The Balaban J connectivity index is 1.64. The van der Waals surface area contributed by atoms with Crippen molar-refractivity contribution in [3.63, 3.8) is 0 Å². The highest BCUT2D eigenvalue weighted by Crippen LogP contribution is 2.39. The van der Waals surface area contributed by atoms with E-state index in [-0.39, 0.29) is 5.91 Å². The van der Waals surface area contributed by atoms with Gasteiger partial charge in [0.25, 0.3) is 5.91 Å². The summed E-state index contributed by atoms with van der Waals surface area (Å²) in [5.74, 6) is 1.19. The Hall–Kier alpha value is -3.55. The highest BCUT2D eigenvalue weighted by atomic mass is 32.2. The van der Waals surface area contributed by atoms with Crippen molar-refractivity contribution in [1.82, 2.24) is 0 Å². The largest absolute Gasteiger partial charge is 0.490 e. The third kappa shape index (κ3) is 6.24. The smallest absolute Gasteiger partial charge is 0.270 e. The van der Waals surface area contributed by atoms with Crippen molar-refractivity contribution < 1.29 is 14.3 Å². The zero-order chi connectivity index (χ0) is 26.4. The molecule has 1 amide bonds. The van der Waals surface area contributed by atoms with E-state index in [0.717, 1.165) is 28.1 Å². The molecule has 1 saturated heterocycles. The van der Waals surface area contributed by atoms with Crippen LogP contribution in [0.3, 0.4) is 0 Å². The zero-order valence-corrected chi connectivity index (χ0v) is 22.9. The molecule has 3 aromatic rings. The molecule has 0 bridgehead atoms. The van der Waals surface area contributed by atoms with E-state index in [1.54, 1.807) is 4.90 Å². The van der Waals surface area contributed by atoms with Crippen molar-refractivity contribution in [1.29, 1.82) is 0 Å². The van der Waals surface area contributed by atoms with E-state index in [1.807, 2.05) is 105 Å². The van der Waals surface area contributed by atoms with Crippen LogP contribution in [0, 0.1) is 0 Å². The van der Waals surface area contributed by atoms with E-state index in [0.29, 0.717) is 40.4 Å². The lowest BCUT2D eigenvalue weighted by Crippen LogP contribution is -2.27. The van der Waals surface area contributed by atoms with Gasteiger partial charge in [-0.15, -0.1) is 6.58 Å². The summed E-state index contributed by atoms with van der Waals surface area (Å²) in [7, 11) is 3.96. The Labute approximate surface area is 228 Å². The van der Waals surface area contributed by atoms with Gasteiger partial charge in [-0.05, 0) is 66.9 Å². The molecule has 7 heteroatoms. The summed E-state index contributed by atoms with van der Waals surface area (Å²) in [6.07, 6.45) is 4.30. The summed E-state index contributed by atoms with van der Waals surface area (Å²) in [4.78, 5) is 17.5. The lowest BCUT2D eigenvalue weighted by Gasteiger charge is -2.17. The van der Waals surface area contributed by atoms with Gasteiger partial charge in [-0.25, -0.2) is 0 Å². The number of thiocarbonyl (C=S) groups is 1. The molecule has 1 fully saturated rings. The van der Waals surface area contributed by atoms with E-state index in [9.17, 15) is 4.79 Å². The second kappa shape index (κ2) is 12.1. The second-order valence-electron chi connectivity index (χ2n) is 8.64. The van der Waals surface area contributed by atoms with Crippen LogP contribution in [0.5, 0.6) is 11.5 Å². The Morgan fingerprint density at radius 2 is 1.78 bits per heavy atom. The van der Waals surface area contributed by atoms with Gasteiger partial charge in [0.1, 0.15) is 6.61 Å². The van der Waals surface area contributed by atoms with Gasteiger partial charge in [0, 0.05) is 25.3 Å². The molecule has 0 unspecified atom stereocenters. The van der Waals surface area contributed by atoms with Crippen molar-refractivity contribution in [3.8, 4) is 11.5 Å². The van der Waals surface area contributed by atoms with Gasteiger partial charge in [0.15, 0.2) is 15.8 Å². The van der Waals surface area contributed by atoms with E-state index in [2.05, 4.69) is 6.58 Å². The van der Waals surface area contributed by atoms with E-state index in [1.165, 1.54) is 11.8 Å². The van der Waals surface area contributed by atoms with Crippen LogP contribution in [0.1, 0.15) is 23.6 Å². The molecule has 0 atom stereocenters. The van der Waals surface area contributed by atoms with Crippen LogP contribution >= 0.6 is 24.0 Å². The van der Waals surface area contributed by atoms with E-state index >= 15 is 0 Å². The molecular formula is C30H30N2O3S2. The fourth-order valence-electron chi connectivity index (χ4n) is 3.97. The summed E-state index contributed by atoms with van der Waals surface area (Å²) in [6, 6.07) is 21.7. The molecule has 1 aliphatic rings. The number of hydrogen-bond acceptors (Lipinski definition) is 6. The first-order chi connectivity index (χ1) is 17.9. The summed E-state index contributed by atoms with van der Waals surface area (Å²) < 4.78 is 12.7. The molecule has 0 spiro atoms. The molecule has 3 aromatic carbocycles. The fourth-order valence-corrected chi connectivity index (χ4v) is 5.27. The topological polar surface area (TPSA) is 42.0 Å². The number of ether oxygens (including phenoxy) is 2. The van der Waals surface area contributed by atoms with Gasteiger partial charge in [0.05, 0.1) is 17.2 Å². The third-order valence-corrected chi connectivity index (χ3v) is 7.06. The van der Waals surface area contributed by atoms with Crippen LogP contribution < -0.4 is 19.3 Å². The molecule has 1 aliphatic heterocycles. The van der Waals surface area contributed by atoms with Crippen molar-refractivity contribution in [2.45, 2.75) is 20.0 Å². The van der Waals surface area contributed by atoms with Gasteiger partial charge in [-0.3, -0.25) is 9.69 Å². The number of allylic oxidation sites excluding steroid dienone is 1. The Morgan fingerprint density at radius 1 is 1.05 bits per heavy atom. The maximum absolute atomic E-state index is 13.4. The minimum absolute atomic E-state index is 0.139. The van der Waals surface area contributed by atoms with E-state index in [4.69, 9.17) is 21.7 Å². The molecule has 4 rings (SSSR count). The highest BCUT2D eigenvalue weighted by molar-refractivity contribution is 8.27. The van der Waals surface area contributed by atoms with Crippen molar-refractivity contribution >= 4 is 51.7 Å². The molecular weight excluding hydrogens is 500 g/mol. The Bertz CT molecular complexity index is 1320. The summed E-state index contributed by atoms with van der Waals surface area (Å²) in [5.41, 5.74) is 4.66. The zero-order valence-electron chi connectivity index (χ0n) is 21.3. The Kier molecular flexibility index (Phi) is 8.69. The lowest BCUT2D eigenvalue weighted by molar-refractivity contribution is -0.113. The first-order valence-electron chi connectivity index (χ1n) is 12.0. The van der Waals surface area contributed by atoms with Crippen LogP contribution in [-0.4, -0.2) is 30.9 Å². The molecule has 0 N–H and O–H groups in total. The van der Waals surface area contributed by atoms with Gasteiger partial charge in [-0.2, -0.15) is 0 Å². The fraction of sp³-hybridized carbons (Fsp3) is 0.200. The average Bonchev–Trinajstić information content (AvgIpc) is 3.16. The Morgan fingerprint density at radius 3 is 2.43 bits per heavy atom. The number of benzene rings is 3. The predicted molar refractivity (Wildman–Crippen MR) is 159 cm³/mol. The normalized spacial score (nSPS) is 14.2. The summed E-state index contributed by atoms with van der Waals surface area (Å²) in [6.45, 7) is 6.76. The molecule has 1 heterocycles. The summed E-state index contributed by atoms with van der Waals surface area (Å²) >= 11 is 6.87. The number of anilines is 2. The van der Waals surface area contributed by atoms with Crippen LogP contribution in [0.2, 0.25) is 0 Å². The number of amides is 1. The number of carbonyl (C=O) groups excluding carboxylic acids is 1. The molecule has 0 radical (unpaired) electrons. The molecule has 37 heavy (non-hydrogen) atoms. The number of rotatable bonds is 10. The number of carbonyl (C=O) groups is 1. The van der Waals surface area contributed by atoms with Gasteiger partial charge >= 0.3 is 0 Å². The summed E-state index contributed by atoms with van der Waals surface area (Å²) in [5, 5.41) is 0. The van der Waals surface area contributed by atoms with Crippen molar-refractivity contribution in [2.24, 2.45) is 0 Å². The van der Waals surface area contributed by atoms with Gasteiger partial charge in [0.2, 0.25) is 0 Å². The maximum atomic E-state index is 13.4. The number of hydrogen-bond donors (Lipinski definition) is 0.